The van der Waals surface area contributed by atoms with E-state index in [-0.39, 0.29) is 11.8 Å². The molecule has 0 unspecified atom stereocenters. The normalized spacial score (nSPS) is 14.1. The summed E-state index contributed by atoms with van der Waals surface area (Å²) in [6.45, 7) is 3.02. The summed E-state index contributed by atoms with van der Waals surface area (Å²) in [4.78, 5) is 31.2. The highest BCUT2D eigenvalue weighted by atomic mass is 16.5. The van der Waals surface area contributed by atoms with Crippen LogP contribution in [0.4, 0.5) is 23.3 Å². The molecule has 2 N–H and O–H groups in total. The minimum atomic E-state index is -0.125. The lowest BCUT2D eigenvalue weighted by atomic mass is 9.97. The Kier molecular flexibility index (Phi) is 6.11. The zero-order valence-corrected chi connectivity index (χ0v) is 18.7. The molecular weight excluding hydrogens is 432 g/mol. The molecule has 0 bridgehead atoms. The number of aromatic nitrogens is 5. The van der Waals surface area contributed by atoms with Gasteiger partial charge in [-0.05, 0) is 31.0 Å². The summed E-state index contributed by atoms with van der Waals surface area (Å²) in [5.41, 5.74) is 2.42. The average Bonchev–Trinajstić information content (AvgIpc) is 3.35. The fraction of sp³-hybridized carbons (Fsp3) is 0.250. The molecule has 1 amide bonds. The summed E-state index contributed by atoms with van der Waals surface area (Å²) < 4.78 is 5.56. The van der Waals surface area contributed by atoms with Gasteiger partial charge in [-0.25, -0.2) is 9.97 Å². The zero-order chi connectivity index (χ0) is 23.3. The van der Waals surface area contributed by atoms with Crippen molar-refractivity contribution in [2.24, 2.45) is 0 Å². The number of anilines is 4. The fourth-order valence-corrected chi connectivity index (χ4v) is 3.94. The molecule has 1 aliphatic heterocycles. The van der Waals surface area contributed by atoms with Crippen LogP contribution >= 0.6 is 0 Å². The maximum Gasteiger partial charge on any atom is 0.231 e. The van der Waals surface area contributed by atoms with E-state index in [0.29, 0.717) is 29.3 Å². The molecule has 10 heteroatoms. The Bertz CT molecular complexity index is 1270. The van der Waals surface area contributed by atoms with Crippen LogP contribution in [0.25, 0.3) is 11.4 Å². The third-order valence-electron chi connectivity index (χ3n) is 5.60. The Hall–Kier alpha value is -4.34. The number of nitrogens with zero attached hydrogens (tertiary/aromatic N) is 6. The molecule has 0 saturated carbocycles. The highest BCUT2D eigenvalue weighted by Gasteiger charge is 2.27. The smallest absolute Gasteiger partial charge is 0.231 e. The fourth-order valence-electron chi connectivity index (χ4n) is 3.94. The highest BCUT2D eigenvalue weighted by molar-refractivity contribution is 5.89. The summed E-state index contributed by atoms with van der Waals surface area (Å²) in [5, 5.41) is 10.1. The molecule has 1 saturated heterocycles. The summed E-state index contributed by atoms with van der Waals surface area (Å²) in [5.74, 6) is 2.43. The van der Waals surface area contributed by atoms with Gasteiger partial charge in [-0.15, -0.1) is 0 Å². The lowest BCUT2D eigenvalue weighted by Gasteiger charge is -2.30. The van der Waals surface area contributed by atoms with Crippen LogP contribution < -0.4 is 15.5 Å². The van der Waals surface area contributed by atoms with Gasteiger partial charge in [0.05, 0.1) is 0 Å². The highest BCUT2D eigenvalue weighted by Crippen LogP contribution is 2.30. The Morgan fingerprint density at radius 3 is 2.59 bits per heavy atom. The Balaban J connectivity index is 1.22. The number of hydrogen-bond donors (Lipinski definition) is 2. The van der Waals surface area contributed by atoms with Crippen molar-refractivity contribution in [2.45, 2.75) is 25.7 Å². The standard InChI is InChI=1S/C24H24N8O2/c1-16(33)27-19-8-5-9-20(14-19)28-23-25-15-26-24(30-23)32-12-10-18(11-13-32)22-29-21(31-34-22)17-6-3-2-4-7-17/h2-9,14-15,18H,10-13H2,1H3,(H,27,33)(H,25,26,28,30). The van der Waals surface area contributed by atoms with Crippen molar-refractivity contribution in [1.82, 2.24) is 25.1 Å². The third-order valence-corrected chi connectivity index (χ3v) is 5.60. The Morgan fingerprint density at radius 2 is 1.79 bits per heavy atom. The van der Waals surface area contributed by atoms with Crippen molar-refractivity contribution in [3.8, 4) is 11.4 Å². The molecule has 5 rings (SSSR count). The first kappa shape index (κ1) is 21.5. The number of nitrogens with one attached hydrogen (secondary N) is 2. The van der Waals surface area contributed by atoms with Gasteiger partial charge in [0.25, 0.3) is 0 Å². The average molecular weight is 457 g/mol. The van der Waals surface area contributed by atoms with E-state index in [1.807, 2.05) is 54.6 Å². The Labute approximate surface area is 196 Å². The van der Waals surface area contributed by atoms with Crippen LogP contribution in [0.15, 0.2) is 65.4 Å². The summed E-state index contributed by atoms with van der Waals surface area (Å²) >= 11 is 0. The number of carbonyl (C=O) groups is 1. The summed E-state index contributed by atoms with van der Waals surface area (Å²) in [7, 11) is 0. The molecule has 0 aliphatic carbocycles. The molecular formula is C24H24N8O2. The van der Waals surface area contributed by atoms with E-state index in [9.17, 15) is 4.79 Å². The van der Waals surface area contributed by atoms with E-state index in [0.717, 1.165) is 37.2 Å². The van der Waals surface area contributed by atoms with Gasteiger partial charge >= 0.3 is 0 Å². The van der Waals surface area contributed by atoms with E-state index in [1.165, 1.54) is 13.3 Å². The van der Waals surface area contributed by atoms with Gasteiger partial charge in [-0.1, -0.05) is 41.6 Å². The number of benzene rings is 2. The molecule has 1 fully saturated rings. The Morgan fingerprint density at radius 1 is 1.00 bits per heavy atom. The van der Waals surface area contributed by atoms with Gasteiger partial charge in [-0.3, -0.25) is 4.79 Å². The summed E-state index contributed by atoms with van der Waals surface area (Å²) in [6, 6.07) is 17.2. The van der Waals surface area contributed by atoms with Crippen molar-refractivity contribution < 1.29 is 9.32 Å². The second-order valence-corrected chi connectivity index (χ2v) is 8.08. The molecule has 34 heavy (non-hydrogen) atoms. The lowest BCUT2D eigenvalue weighted by molar-refractivity contribution is -0.114. The topological polar surface area (TPSA) is 122 Å². The molecule has 2 aromatic heterocycles. The minimum Gasteiger partial charge on any atom is -0.341 e. The van der Waals surface area contributed by atoms with Gasteiger partial charge in [0.15, 0.2) is 0 Å². The maximum atomic E-state index is 11.3. The van der Waals surface area contributed by atoms with Crippen molar-refractivity contribution in [2.75, 3.05) is 28.6 Å². The van der Waals surface area contributed by atoms with Crippen LogP contribution in [0.2, 0.25) is 0 Å². The lowest BCUT2D eigenvalue weighted by Crippen LogP contribution is -2.34. The number of piperidine rings is 1. The van der Waals surface area contributed by atoms with Crippen LogP contribution in [0.3, 0.4) is 0 Å². The minimum absolute atomic E-state index is 0.125. The number of rotatable bonds is 6. The first-order valence-corrected chi connectivity index (χ1v) is 11.1. The SMILES string of the molecule is CC(=O)Nc1cccc(Nc2ncnc(N3CCC(c4nc(-c5ccccc5)no4)CC3)n2)c1. The second kappa shape index (κ2) is 9.65. The maximum absolute atomic E-state index is 11.3. The van der Waals surface area contributed by atoms with Gasteiger partial charge < -0.3 is 20.1 Å². The van der Waals surface area contributed by atoms with Crippen LogP contribution in [-0.2, 0) is 4.79 Å². The van der Waals surface area contributed by atoms with E-state index >= 15 is 0 Å². The van der Waals surface area contributed by atoms with E-state index in [2.05, 4.69) is 40.6 Å². The first-order valence-electron chi connectivity index (χ1n) is 11.1. The monoisotopic (exact) mass is 456 g/mol. The molecule has 3 heterocycles. The third kappa shape index (κ3) is 5.01. The van der Waals surface area contributed by atoms with Gasteiger partial charge in [0.2, 0.25) is 29.5 Å². The van der Waals surface area contributed by atoms with Crippen LogP contribution in [0.5, 0.6) is 0 Å². The molecule has 0 spiro atoms. The van der Waals surface area contributed by atoms with Crippen LogP contribution in [0, 0.1) is 0 Å². The number of amides is 1. The number of carbonyl (C=O) groups excluding carboxylic acids is 1. The molecule has 0 radical (unpaired) electrons. The van der Waals surface area contributed by atoms with Crippen LogP contribution in [-0.4, -0.2) is 44.1 Å². The molecule has 172 valence electrons. The van der Waals surface area contributed by atoms with Crippen LogP contribution in [0.1, 0.15) is 31.6 Å². The van der Waals surface area contributed by atoms with Gasteiger partial charge in [0.1, 0.15) is 6.33 Å². The largest absolute Gasteiger partial charge is 0.341 e. The quantitative estimate of drug-likeness (QED) is 0.443. The van der Waals surface area contributed by atoms with Crippen molar-refractivity contribution in [3.63, 3.8) is 0 Å². The van der Waals surface area contributed by atoms with E-state index in [4.69, 9.17) is 4.52 Å². The predicted octanol–water partition coefficient (Wildman–Crippen LogP) is 4.01. The van der Waals surface area contributed by atoms with Crippen molar-refractivity contribution in [3.05, 3.63) is 66.8 Å². The molecule has 10 nitrogen and oxygen atoms in total. The molecule has 2 aromatic carbocycles. The molecule has 0 atom stereocenters. The van der Waals surface area contributed by atoms with E-state index in [1.54, 1.807) is 0 Å². The van der Waals surface area contributed by atoms with Gasteiger partial charge in [0, 0.05) is 42.9 Å². The molecule has 4 aromatic rings. The van der Waals surface area contributed by atoms with Crippen molar-refractivity contribution in [1.29, 1.82) is 0 Å². The second-order valence-electron chi connectivity index (χ2n) is 8.08. The van der Waals surface area contributed by atoms with Gasteiger partial charge in [-0.2, -0.15) is 9.97 Å². The molecule has 1 aliphatic rings. The number of hydrogen-bond acceptors (Lipinski definition) is 9. The predicted molar refractivity (Wildman–Crippen MR) is 128 cm³/mol. The summed E-state index contributed by atoms with van der Waals surface area (Å²) in [6.07, 6.45) is 3.23. The van der Waals surface area contributed by atoms with Crippen molar-refractivity contribution >= 4 is 29.2 Å². The van der Waals surface area contributed by atoms with E-state index < -0.39 is 0 Å². The zero-order valence-electron chi connectivity index (χ0n) is 18.7. The first-order chi connectivity index (χ1) is 16.6.